The van der Waals surface area contributed by atoms with Crippen LogP contribution in [0.4, 0.5) is 20.6 Å². The van der Waals surface area contributed by atoms with Gasteiger partial charge in [-0.25, -0.2) is 4.39 Å². The van der Waals surface area contributed by atoms with E-state index < -0.39 is 38.7 Å². The number of thioether (sulfide) groups is 1. The second-order valence-corrected chi connectivity index (χ2v) is 10.7. The molecular formula is C27H28FN3O7S. The van der Waals surface area contributed by atoms with Crippen molar-refractivity contribution in [3.05, 3.63) is 72.4 Å². The molecule has 2 aromatic carbocycles. The third-order valence-electron chi connectivity index (χ3n) is 6.99. The number of ether oxygens (including phenoxy) is 1. The molecule has 0 atom stereocenters. The van der Waals surface area contributed by atoms with E-state index >= 15 is 0 Å². The molecule has 0 N–H and O–H groups in total. The van der Waals surface area contributed by atoms with E-state index in [-0.39, 0.29) is 27.0 Å². The van der Waals surface area contributed by atoms with Crippen LogP contribution in [0, 0.1) is 38.9 Å². The molecule has 0 radical (unpaired) electrons. The van der Waals surface area contributed by atoms with Gasteiger partial charge in [0.1, 0.15) is 0 Å². The van der Waals surface area contributed by atoms with Crippen LogP contribution in [-0.4, -0.2) is 32.4 Å². The average Bonchev–Trinajstić information content (AvgIpc) is 3.16. The molecule has 1 saturated carbocycles. The Balaban J connectivity index is 1.46. The number of unbranched alkanes of at least 4 members (excludes halogenated alkanes) is 1. The maximum Gasteiger partial charge on any atom is 0.312 e. The summed E-state index contributed by atoms with van der Waals surface area (Å²) >= 11 is 0.775. The van der Waals surface area contributed by atoms with Crippen molar-refractivity contribution in [2.24, 2.45) is 5.92 Å². The number of amides is 2. The van der Waals surface area contributed by atoms with Crippen LogP contribution in [0.2, 0.25) is 0 Å². The largest absolute Gasteiger partial charge is 0.447 e. The molecule has 4 rings (SSSR count). The number of nitrogens with zero attached hydrogens (tertiary/aromatic N) is 3. The summed E-state index contributed by atoms with van der Waals surface area (Å²) in [5.74, 6) is -1.49. The van der Waals surface area contributed by atoms with Crippen molar-refractivity contribution in [3.8, 4) is 11.5 Å². The van der Waals surface area contributed by atoms with E-state index in [0.717, 1.165) is 55.1 Å². The van der Waals surface area contributed by atoms with Crippen molar-refractivity contribution in [1.82, 2.24) is 4.90 Å². The quantitative estimate of drug-likeness (QED) is 0.127. The third kappa shape index (κ3) is 6.80. The van der Waals surface area contributed by atoms with Crippen LogP contribution in [-0.2, 0) is 4.79 Å². The molecule has 0 spiro atoms. The highest BCUT2D eigenvalue weighted by Gasteiger charge is 2.34. The number of rotatable bonds is 10. The lowest BCUT2D eigenvalue weighted by Gasteiger charge is -2.21. The fourth-order valence-electron chi connectivity index (χ4n) is 4.91. The van der Waals surface area contributed by atoms with Gasteiger partial charge in [-0.15, -0.1) is 0 Å². The molecule has 2 aliphatic rings. The molecule has 2 aromatic rings. The van der Waals surface area contributed by atoms with E-state index in [1.54, 1.807) is 0 Å². The summed E-state index contributed by atoms with van der Waals surface area (Å²) in [7, 11) is 0. The van der Waals surface area contributed by atoms with Crippen molar-refractivity contribution in [2.45, 2.75) is 58.3 Å². The van der Waals surface area contributed by atoms with Crippen LogP contribution in [0.25, 0.3) is 6.08 Å². The van der Waals surface area contributed by atoms with Gasteiger partial charge in [-0.2, -0.15) is 0 Å². The number of carbonyl (C=O) groups excluding carboxylic acids is 2. The molecule has 39 heavy (non-hydrogen) atoms. The predicted octanol–water partition coefficient (Wildman–Crippen LogP) is 7.53. The van der Waals surface area contributed by atoms with E-state index in [1.165, 1.54) is 62.1 Å². The molecule has 1 aliphatic carbocycles. The van der Waals surface area contributed by atoms with Gasteiger partial charge in [0.15, 0.2) is 11.6 Å². The first-order valence-electron chi connectivity index (χ1n) is 12.8. The van der Waals surface area contributed by atoms with E-state index in [2.05, 4.69) is 0 Å². The van der Waals surface area contributed by atoms with Gasteiger partial charge in [0.05, 0.1) is 20.8 Å². The first-order valence-corrected chi connectivity index (χ1v) is 13.6. The minimum absolute atomic E-state index is 0.0767. The first kappa shape index (κ1) is 28.2. The van der Waals surface area contributed by atoms with Crippen molar-refractivity contribution >= 4 is 40.4 Å². The van der Waals surface area contributed by atoms with Crippen LogP contribution in [0.5, 0.6) is 11.5 Å². The fraction of sp³-hybridized carbons (Fsp3) is 0.407. The predicted molar refractivity (Wildman–Crippen MR) is 144 cm³/mol. The summed E-state index contributed by atoms with van der Waals surface area (Å²) in [4.78, 5) is 48.1. The van der Waals surface area contributed by atoms with Crippen molar-refractivity contribution in [3.63, 3.8) is 0 Å². The zero-order valence-electron chi connectivity index (χ0n) is 21.4. The van der Waals surface area contributed by atoms with E-state index in [1.807, 2.05) is 0 Å². The van der Waals surface area contributed by atoms with Gasteiger partial charge < -0.3 is 4.74 Å². The molecule has 0 bridgehead atoms. The van der Waals surface area contributed by atoms with Gasteiger partial charge in [-0.05, 0) is 54.8 Å². The summed E-state index contributed by atoms with van der Waals surface area (Å²) in [6.45, 7) is 1.69. The lowest BCUT2D eigenvalue weighted by molar-refractivity contribution is -0.386. The zero-order valence-corrected chi connectivity index (χ0v) is 22.2. The minimum Gasteiger partial charge on any atom is -0.447 e. The maximum absolute atomic E-state index is 14.4. The number of halogens is 1. The highest BCUT2D eigenvalue weighted by Crippen LogP contribution is 2.38. The standard InChI is InChI=1S/C27H28FN3O7S/c1-17-13-20(28)24(16-21(17)30(34)35)38-23-11-10-19(14-22(23)31(36)37)15-25-26(32)29(27(33)39-25)12-6-5-9-18-7-3-2-4-8-18/h10-11,13-16,18H,2-9,12H2,1H3/b25-15-. The molecule has 206 valence electrons. The Labute approximate surface area is 228 Å². The van der Waals surface area contributed by atoms with Gasteiger partial charge in [-0.3, -0.25) is 34.7 Å². The van der Waals surface area contributed by atoms with Gasteiger partial charge in [0, 0.05) is 18.2 Å². The first-order chi connectivity index (χ1) is 18.6. The fourth-order valence-corrected chi connectivity index (χ4v) is 5.78. The third-order valence-corrected chi connectivity index (χ3v) is 7.89. The lowest BCUT2D eigenvalue weighted by Crippen LogP contribution is -2.29. The summed E-state index contributed by atoms with van der Waals surface area (Å²) in [6.07, 6.45) is 10.5. The number of imide groups is 1. The Bertz CT molecular complexity index is 1340. The van der Waals surface area contributed by atoms with Gasteiger partial charge in [-0.1, -0.05) is 51.0 Å². The number of nitro benzene ring substituents is 2. The molecule has 1 saturated heterocycles. The number of nitro groups is 2. The second kappa shape index (κ2) is 12.4. The van der Waals surface area contributed by atoms with Gasteiger partial charge in [0.2, 0.25) is 5.75 Å². The van der Waals surface area contributed by atoms with Gasteiger partial charge in [0.25, 0.3) is 16.8 Å². The maximum atomic E-state index is 14.4. The highest BCUT2D eigenvalue weighted by atomic mass is 32.2. The molecule has 12 heteroatoms. The van der Waals surface area contributed by atoms with E-state index in [4.69, 9.17) is 4.74 Å². The van der Waals surface area contributed by atoms with Crippen LogP contribution < -0.4 is 4.74 Å². The Morgan fingerprint density at radius 1 is 1.03 bits per heavy atom. The Hall–Kier alpha value is -3.80. The average molecular weight is 558 g/mol. The second-order valence-electron chi connectivity index (χ2n) is 9.75. The topological polar surface area (TPSA) is 133 Å². The van der Waals surface area contributed by atoms with Crippen molar-refractivity contribution in [1.29, 1.82) is 0 Å². The summed E-state index contributed by atoms with van der Waals surface area (Å²) in [5, 5.41) is 22.5. The summed E-state index contributed by atoms with van der Waals surface area (Å²) < 4.78 is 19.7. The molecule has 1 aliphatic heterocycles. The molecule has 1 heterocycles. The Kier molecular flexibility index (Phi) is 8.95. The number of hydrogen-bond donors (Lipinski definition) is 0. The lowest BCUT2D eigenvalue weighted by atomic mass is 9.86. The summed E-state index contributed by atoms with van der Waals surface area (Å²) in [6, 6.07) is 5.55. The molecule has 2 fully saturated rings. The van der Waals surface area contributed by atoms with Crippen LogP contribution in [0.15, 0.2) is 35.2 Å². The SMILES string of the molecule is Cc1cc(F)c(Oc2ccc(/C=C3\SC(=O)N(CCCCC4CCCCC4)C3=O)cc2[N+](=O)[O-])cc1[N+](=O)[O-]. The number of carbonyl (C=O) groups is 2. The smallest absolute Gasteiger partial charge is 0.312 e. The van der Waals surface area contributed by atoms with Crippen LogP contribution in [0.3, 0.4) is 0 Å². The summed E-state index contributed by atoms with van der Waals surface area (Å²) in [5.41, 5.74) is -0.580. The monoisotopic (exact) mass is 557 g/mol. The zero-order chi connectivity index (χ0) is 28.1. The van der Waals surface area contributed by atoms with Crippen molar-refractivity contribution < 1.29 is 28.6 Å². The minimum atomic E-state index is -0.913. The Morgan fingerprint density at radius 3 is 2.44 bits per heavy atom. The molecule has 0 aromatic heterocycles. The molecule has 2 amide bonds. The number of aryl methyl sites for hydroxylation is 1. The highest BCUT2D eigenvalue weighted by molar-refractivity contribution is 8.18. The number of benzene rings is 2. The Morgan fingerprint density at radius 2 is 1.74 bits per heavy atom. The van der Waals surface area contributed by atoms with Crippen LogP contribution in [0.1, 0.15) is 62.5 Å². The van der Waals surface area contributed by atoms with Crippen molar-refractivity contribution in [2.75, 3.05) is 6.54 Å². The van der Waals surface area contributed by atoms with E-state index in [0.29, 0.717) is 6.54 Å². The van der Waals surface area contributed by atoms with E-state index in [9.17, 15) is 34.2 Å². The molecule has 10 nitrogen and oxygen atoms in total. The molecule has 0 unspecified atom stereocenters. The van der Waals surface area contributed by atoms with Gasteiger partial charge >= 0.3 is 5.69 Å². The normalized spacial score (nSPS) is 17.2. The van der Waals surface area contributed by atoms with Crippen LogP contribution >= 0.6 is 11.8 Å². The molecular weight excluding hydrogens is 529 g/mol. The number of hydrogen-bond acceptors (Lipinski definition) is 8.